The van der Waals surface area contributed by atoms with Crippen molar-refractivity contribution >= 4 is 34.8 Å². The summed E-state index contributed by atoms with van der Waals surface area (Å²) >= 11 is 1.44. The highest BCUT2D eigenvalue weighted by Gasteiger charge is 2.23. The highest BCUT2D eigenvalue weighted by molar-refractivity contribution is 7.10. The number of anilines is 1. The SMILES string of the molecule is CC(=O)NC(CC(=O)OC(C)C(=O)Nc1ccc(C)cc1)c1cccs1. The molecule has 0 fully saturated rings. The molecule has 0 bridgehead atoms. The van der Waals surface area contributed by atoms with E-state index in [1.54, 1.807) is 12.1 Å². The summed E-state index contributed by atoms with van der Waals surface area (Å²) in [5.41, 5.74) is 1.72. The quantitative estimate of drug-likeness (QED) is 0.729. The Morgan fingerprint density at radius 2 is 1.85 bits per heavy atom. The third kappa shape index (κ3) is 6.00. The van der Waals surface area contributed by atoms with Crippen LogP contribution in [0.2, 0.25) is 0 Å². The van der Waals surface area contributed by atoms with E-state index in [2.05, 4.69) is 10.6 Å². The first-order chi connectivity index (χ1) is 12.3. The molecule has 2 rings (SSSR count). The van der Waals surface area contributed by atoms with Crippen LogP contribution in [-0.2, 0) is 19.1 Å². The van der Waals surface area contributed by atoms with Crippen molar-refractivity contribution in [1.29, 1.82) is 0 Å². The van der Waals surface area contributed by atoms with Gasteiger partial charge >= 0.3 is 5.97 Å². The summed E-state index contributed by atoms with van der Waals surface area (Å²) in [6.07, 6.45) is -0.979. The van der Waals surface area contributed by atoms with Crippen molar-refractivity contribution in [3.63, 3.8) is 0 Å². The summed E-state index contributed by atoms with van der Waals surface area (Å²) in [6.45, 7) is 4.86. The lowest BCUT2D eigenvalue weighted by Crippen LogP contribution is -2.32. The molecule has 0 saturated carbocycles. The number of carbonyl (C=O) groups excluding carboxylic acids is 3. The number of hydrogen-bond donors (Lipinski definition) is 2. The van der Waals surface area contributed by atoms with Crippen molar-refractivity contribution < 1.29 is 19.1 Å². The third-order valence-electron chi connectivity index (χ3n) is 3.63. The summed E-state index contributed by atoms with van der Waals surface area (Å²) in [4.78, 5) is 36.6. The van der Waals surface area contributed by atoms with E-state index in [4.69, 9.17) is 4.74 Å². The summed E-state index contributed by atoms with van der Waals surface area (Å²) in [6, 6.07) is 10.5. The number of nitrogens with one attached hydrogen (secondary N) is 2. The number of benzene rings is 1. The Morgan fingerprint density at radius 1 is 1.15 bits per heavy atom. The number of carbonyl (C=O) groups is 3. The van der Waals surface area contributed by atoms with E-state index in [1.165, 1.54) is 25.2 Å². The van der Waals surface area contributed by atoms with Crippen LogP contribution in [0, 0.1) is 6.92 Å². The fourth-order valence-electron chi connectivity index (χ4n) is 2.30. The van der Waals surface area contributed by atoms with Crippen LogP contribution in [0.3, 0.4) is 0 Å². The molecule has 2 N–H and O–H groups in total. The van der Waals surface area contributed by atoms with Crippen LogP contribution in [0.5, 0.6) is 0 Å². The predicted octanol–water partition coefficient (Wildman–Crippen LogP) is 3.19. The Morgan fingerprint density at radius 3 is 2.42 bits per heavy atom. The van der Waals surface area contributed by atoms with Crippen molar-refractivity contribution in [2.24, 2.45) is 0 Å². The van der Waals surface area contributed by atoms with Gasteiger partial charge in [-0.15, -0.1) is 11.3 Å². The van der Waals surface area contributed by atoms with Gasteiger partial charge in [0.2, 0.25) is 5.91 Å². The van der Waals surface area contributed by atoms with Crippen LogP contribution in [0.4, 0.5) is 5.69 Å². The first kappa shape index (κ1) is 19.7. The lowest BCUT2D eigenvalue weighted by Gasteiger charge is -2.18. The molecule has 0 saturated heterocycles. The minimum atomic E-state index is -0.940. The molecule has 2 amide bonds. The summed E-state index contributed by atoms with van der Waals surface area (Å²) in [5.74, 6) is -1.19. The smallest absolute Gasteiger partial charge is 0.309 e. The molecule has 26 heavy (non-hydrogen) atoms. The van der Waals surface area contributed by atoms with Crippen LogP contribution in [0.1, 0.15) is 36.8 Å². The van der Waals surface area contributed by atoms with Crippen LogP contribution < -0.4 is 10.6 Å². The number of amides is 2. The molecule has 0 spiro atoms. The zero-order chi connectivity index (χ0) is 19.1. The van der Waals surface area contributed by atoms with E-state index in [9.17, 15) is 14.4 Å². The number of esters is 1. The molecule has 138 valence electrons. The van der Waals surface area contributed by atoms with Gasteiger partial charge in [0.05, 0.1) is 12.5 Å². The monoisotopic (exact) mass is 374 g/mol. The van der Waals surface area contributed by atoms with Gasteiger partial charge in [-0.3, -0.25) is 14.4 Å². The van der Waals surface area contributed by atoms with Gasteiger partial charge < -0.3 is 15.4 Å². The summed E-state index contributed by atoms with van der Waals surface area (Å²) < 4.78 is 5.22. The van der Waals surface area contributed by atoms with Crippen molar-refractivity contribution in [2.75, 3.05) is 5.32 Å². The van der Waals surface area contributed by atoms with Crippen LogP contribution in [-0.4, -0.2) is 23.9 Å². The van der Waals surface area contributed by atoms with E-state index in [-0.39, 0.29) is 12.3 Å². The minimum absolute atomic E-state index is 0.0394. The maximum atomic E-state index is 12.2. The zero-order valence-electron chi connectivity index (χ0n) is 14.9. The molecule has 0 aliphatic heterocycles. The normalized spacial score (nSPS) is 12.7. The number of aryl methyl sites for hydroxylation is 1. The van der Waals surface area contributed by atoms with Crippen molar-refractivity contribution in [3.05, 3.63) is 52.2 Å². The highest BCUT2D eigenvalue weighted by Crippen LogP contribution is 2.22. The molecule has 0 aliphatic rings. The number of rotatable bonds is 7. The maximum Gasteiger partial charge on any atom is 0.309 e. The Balaban J connectivity index is 1.91. The second kappa shape index (κ2) is 9.15. The largest absolute Gasteiger partial charge is 0.452 e. The highest BCUT2D eigenvalue weighted by atomic mass is 32.1. The molecule has 6 nitrogen and oxygen atoms in total. The van der Waals surface area contributed by atoms with Gasteiger partial charge in [-0.25, -0.2) is 0 Å². The van der Waals surface area contributed by atoms with Gasteiger partial charge in [0.25, 0.3) is 5.91 Å². The van der Waals surface area contributed by atoms with E-state index < -0.39 is 24.0 Å². The summed E-state index contributed by atoms with van der Waals surface area (Å²) in [7, 11) is 0. The molecular formula is C19H22N2O4S. The first-order valence-electron chi connectivity index (χ1n) is 8.22. The Bertz CT molecular complexity index is 756. The first-order valence-corrected chi connectivity index (χ1v) is 9.10. The molecule has 0 aliphatic carbocycles. The molecule has 1 heterocycles. The predicted molar refractivity (Wildman–Crippen MR) is 101 cm³/mol. The zero-order valence-corrected chi connectivity index (χ0v) is 15.8. The van der Waals surface area contributed by atoms with E-state index >= 15 is 0 Å². The van der Waals surface area contributed by atoms with E-state index in [0.29, 0.717) is 5.69 Å². The van der Waals surface area contributed by atoms with Crippen LogP contribution in [0.25, 0.3) is 0 Å². The van der Waals surface area contributed by atoms with Gasteiger partial charge in [0.15, 0.2) is 6.10 Å². The minimum Gasteiger partial charge on any atom is -0.452 e. The Hall–Kier alpha value is -2.67. The average molecular weight is 374 g/mol. The van der Waals surface area contributed by atoms with Crippen LogP contribution >= 0.6 is 11.3 Å². The molecule has 2 unspecified atom stereocenters. The molecule has 7 heteroatoms. The number of ether oxygens (including phenoxy) is 1. The number of hydrogen-bond acceptors (Lipinski definition) is 5. The molecule has 2 atom stereocenters. The van der Waals surface area contributed by atoms with Gasteiger partial charge in [-0.2, -0.15) is 0 Å². The van der Waals surface area contributed by atoms with Gasteiger partial charge in [0, 0.05) is 17.5 Å². The lowest BCUT2D eigenvalue weighted by molar-refractivity contribution is -0.153. The molecule has 2 aromatic rings. The van der Waals surface area contributed by atoms with Gasteiger partial charge in [0.1, 0.15) is 0 Å². The fourth-order valence-corrected chi connectivity index (χ4v) is 3.08. The van der Waals surface area contributed by atoms with E-state index in [1.807, 2.05) is 36.6 Å². The molecule has 1 aromatic heterocycles. The van der Waals surface area contributed by atoms with Gasteiger partial charge in [-0.05, 0) is 37.4 Å². The molecule has 1 aromatic carbocycles. The average Bonchev–Trinajstić information content (AvgIpc) is 3.10. The fraction of sp³-hybridized carbons (Fsp3) is 0.316. The van der Waals surface area contributed by atoms with Crippen molar-refractivity contribution in [1.82, 2.24) is 5.32 Å². The topological polar surface area (TPSA) is 84.5 Å². The maximum absolute atomic E-state index is 12.2. The van der Waals surface area contributed by atoms with Crippen LogP contribution in [0.15, 0.2) is 41.8 Å². The Kier molecular flexibility index (Phi) is 6.91. The lowest BCUT2D eigenvalue weighted by atomic mass is 10.1. The van der Waals surface area contributed by atoms with E-state index in [0.717, 1.165) is 10.4 Å². The second-order valence-electron chi connectivity index (χ2n) is 5.96. The molecule has 0 radical (unpaired) electrons. The molecular weight excluding hydrogens is 352 g/mol. The number of thiophene rings is 1. The summed E-state index contributed by atoms with van der Waals surface area (Å²) in [5, 5.41) is 7.30. The van der Waals surface area contributed by atoms with Crippen molar-refractivity contribution in [3.8, 4) is 0 Å². The standard InChI is InChI=1S/C19H22N2O4S/c1-12-6-8-15(9-7-12)21-19(24)13(2)25-18(23)11-16(20-14(3)22)17-5-4-10-26-17/h4-10,13,16H,11H2,1-3H3,(H,20,22)(H,21,24). The van der Waals surface area contributed by atoms with Crippen molar-refractivity contribution in [2.45, 2.75) is 39.3 Å². The third-order valence-corrected chi connectivity index (χ3v) is 4.62. The second-order valence-corrected chi connectivity index (χ2v) is 6.94. The Labute approximate surface area is 156 Å². The van der Waals surface area contributed by atoms with Gasteiger partial charge in [-0.1, -0.05) is 23.8 Å².